The van der Waals surface area contributed by atoms with E-state index < -0.39 is 20.9 Å². The van der Waals surface area contributed by atoms with Gasteiger partial charge in [-0.25, -0.2) is 13.2 Å². The van der Waals surface area contributed by atoms with E-state index >= 15 is 0 Å². The maximum Gasteiger partial charge on any atom is 0.337 e. The van der Waals surface area contributed by atoms with Crippen molar-refractivity contribution >= 4 is 38.3 Å². The summed E-state index contributed by atoms with van der Waals surface area (Å²) in [5, 5.41) is 15.5. The minimum Gasteiger partial charge on any atom is -0.478 e. The molecule has 0 fully saturated rings. The first-order chi connectivity index (χ1) is 8.90. The summed E-state index contributed by atoms with van der Waals surface area (Å²) in [6.45, 7) is 0. The number of hydrogen-bond donors (Lipinski definition) is 3. The first-order valence-corrected chi connectivity index (χ1v) is 6.96. The Balaban J connectivity index is 2.50. The van der Waals surface area contributed by atoms with Crippen LogP contribution in [0.5, 0.6) is 0 Å². The topological polar surface area (TPSA) is 148 Å². The number of nitrogens with one attached hydrogen (secondary N) is 1. The van der Waals surface area contributed by atoms with Gasteiger partial charge in [-0.2, -0.15) is 0 Å². The van der Waals surface area contributed by atoms with Crippen LogP contribution in [-0.4, -0.2) is 34.3 Å². The van der Waals surface area contributed by atoms with Gasteiger partial charge >= 0.3 is 5.97 Å². The van der Waals surface area contributed by atoms with Crippen LogP contribution in [0.3, 0.4) is 0 Å². The summed E-state index contributed by atoms with van der Waals surface area (Å²) in [7, 11) is -4.12. The molecule has 11 heteroatoms. The van der Waals surface area contributed by atoms with Crippen LogP contribution in [0, 0.1) is 0 Å². The zero-order valence-electron chi connectivity index (χ0n) is 9.14. The van der Waals surface area contributed by atoms with Crippen molar-refractivity contribution in [3.63, 3.8) is 0 Å². The molecule has 1 aromatic heterocycles. The van der Waals surface area contributed by atoms with E-state index in [4.69, 9.17) is 10.8 Å². The van der Waals surface area contributed by atoms with Crippen molar-refractivity contribution in [2.45, 2.75) is 4.90 Å². The van der Waals surface area contributed by atoms with Gasteiger partial charge < -0.3 is 10.8 Å². The van der Waals surface area contributed by atoms with E-state index in [1.165, 1.54) is 6.07 Å². The molecule has 0 saturated carbocycles. The van der Waals surface area contributed by atoms with Crippen LogP contribution >= 0.6 is 11.5 Å². The highest BCUT2D eigenvalue weighted by Crippen LogP contribution is 2.22. The number of hydrogen-bond acceptors (Lipinski definition) is 8. The largest absolute Gasteiger partial charge is 0.478 e. The number of nitrogen functional groups attached to an aromatic ring is 1. The molecule has 4 N–H and O–H groups in total. The molecule has 0 radical (unpaired) electrons. The zero-order valence-corrected chi connectivity index (χ0v) is 10.8. The number of sulfonamides is 1. The highest BCUT2D eigenvalue weighted by atomic mass is 32.2. The third kappa shape index (κ3) is 2.77. The number of rotatable bonds is 4. The van der Waals surface area contributed by atoms with Crippen molar-refractivity contribution in [2.75, 3.05) is 10.5 Å². The van der Waals surface area contributed by atoms with Gasteiger partial charge in [-0.15, -0.1) is 0 Å². The molecule has 2 aromatic rings. The predicted molar refractivity (Wildman–Crippen MR) is 66.3 cm³/mol. The molecular weight excluding hydrogens is 294 g/mol. The Morgan fingerprint density at radius 2 is 2.16 bits per heavy atom. The number of anilines is 2. The number of carbonyl (C=O) groups is 1. The molecular formula is C8H7N5O4S2. The van der Waals surface area contributed by atoms with Crippen molar-refractivity contribution in [1.82, 2.24) is 14.8 Å². The second-order valence-electron chi connectivity index (χ2n) is 3.33. The summed E-state index contributed by atoms with van der Waals surface area (Å²) in [6, 6.07) is 3.47. The summed E-state index contributed by atoms with van der Waals surface area (Å²) in [4.78, 5) is 10.6. The molecule has 0 atom stereocenters. The fourth-order valence-corrected chi connectivity index (χ4v) is 3.10. The molecule has 2 rings (SSSR count). The molecule has 0 saturated heterocycles. The minimum atomic E-state index is -4.12. The lowest BCUT2D eigenvalue weighted by Gasteiger charge is -2.08. The Bertz CT molecular complexity index is 713. The summed E-state index contributed by atoms with van der Waals surface area (Å²) < 4.78 is 29.6. The van der Waals surface area contributed by atoms with Crippen molar-refractivity contribution in [2.24, 2.45) is 0 Å². The number of aromatic carboxylic acids is 1. The molecule has 19 heavy (non-hydrogen) atoms. The maximum atomic E-state index is 12.1. The third-order valence-corrected chi connectivity index (χ3v) is 4.07. The van der Waals surface area contributed by atoms with Gasteiger partial charge in [-0.1, -0.05) is 9.59 Å². The minimum absolute atomic E-state index is 0.0706. The highest BCUT2D eigenvalue weighted by molar-refractivity contribution is 7.93. The van der Waals surface area contributed by atoms with E-state index in [1.54, 1.807) is 0 Å². The molecule has 0 aliphatic rings. The SMILES string of the molecule is Nc1ccc(C(=O)O)c(S(=O)(=O)Nc2nnns2)c1. The van der Waals surface area contributed by atoms with Crippen LogP contribution < -0.4 is 10.5 Å². The fourth-order valence-electron chi connectivity index (χ4n) is 1.28. The summed E-state index contributed by atoms with van der Waals surface area (Å²) in [6.07, 6.45) is 0. The number of carboxylic acids is 1. The Morgan fingerprint density at radius 1 is 1.42 bits per heavy atom. The molecule has 9 nitrogen and oxygen atoms in total. The van der Waals surface area contributed by atoms with E-state index in [-0.39, 0.29) is 16.4 Å². The molecule has 0 spiro atoms. The Morgan fingerprint density at radius 3 is 2.74 bits per heavy atom. The fraction of sp³-hybridized carbons (Fsp3) is 0. The Kier molecular flexibility index (Phi) is 3.31. The van der Waals surface area contributed by atoms with Crippen molar-refractivity contribution < 1.29 is 18.3 Å². The smallest absolute Gasteiger partial charge is 0.337 e. The summed E-state index contributed by atoms with van der Waals surface area (Å²) in [5.74, 6) is -1.38. The van der Waals surface area contributed by atoms with Gasteiger partial charge in [0.1, 0.15) is 4.90 Å². The van der Waals surface area contributed by atoms with Crippen LogP contribution in [-0.2, 0) is 10.0 Å². The van der Waals surface area contributed by atoms with Crippen LogP contribution in [0.1, 0.15) is 10.4 Å². The molecule has 0 aliphatic carbocycles. The molecule has 1 heterocycles. The predicted octanol–water partition coefficient (Wildman–Crippen LogP) is 0.0143. The summed E-state index contributed by atoms with van der Waals surface area (Å²) >= 11 is 0.722. The number of nitrogens with two attached hydrogens (primary N) is 1. The lowest BCUT2D eigenvalue weighted by atomic mass is 10.2. The lowest BCUT2D eigenvalue weighted by molar-refractivity contribution is 0.0692. The van der Waals surface area contributed by atoms with Gasteiger partial charge in [0.2, 0.25) is 5.13 Å². The second-order valence-corrected chi connectivity index (χ2v) is 5.72. The van der Waals surface area contributed by atoms with E-state index in [9.17, 15) is 13.2 Å². The van der Waals surface area contributed by atoms with Gasteiger partial charge in [0, 0.05) is 17.2 Å². The second kappa shape index (κ2) is 4.78. The van der Waals surface area contributed by atoms with E-state index in [2.05, 4.69) is 19.5 Å². The molecule has 100 valence electrons. The molecule has 0 aliphatic heterocycles. The normalized spacial score (nSPS) is 11.2. The average Bonchev–Trinajstić information content (AvgIpc) is 2.80. The van der Waals surface area contributed by atoms with Crippen molar-refractivity contribution in [1.29, 1.82) is 0 Å². The van der Waals surface area contributed by atoms with Crippen molar-refractivity contribution in [3.8, 4) is 0 Å². The number of nitrogens with zero attached hydrogens (tertiary/aromatic N) is 3. The first-order valence-electron chi connectivity index (χ1n) is 4.71. The Hall–Kier alpha value is -2.27. The van der Waals surface area contributed by atoms with Crippen molar-refractivity contribution in [3.05, 3.63) is 23.8 Å². The van der Waals surface area contributed by atoms with Gasteiger partial charge in [0.15, 0.2) is 0 Å². The van der Waals surface area contributed by atoms with Gasteiger partial charge in [0.25, 0.3) is 10.0 Å². The number of carboxylic acid groups (broad SMARTS) is 1. The van der Waals surface area contributed by atoms with Gasteiger partial charge in [-0.05, 0) is 23.4 Å². The molecule has 0 bridgehead atoms. The quantitative estimate of drug-likeness (QED) is 0.669. The third-order valence-electron chi connectivity index (χ3n) is 2.05. The van der Waals surface area contributed by atoms with Gasteiger partial charge in [-0.3, -0.25) is 4.72 Å². The number of benzene rings is 1. The lowest BCUT2D eigenvalue weighted by Crippen LogP contribution is -2.17. The maximum absolute atomic E-state index is 12.1. The zero-order chi connectivity index (χ0) is 14.0. The van der Waals surface area contributed by atoms with Crippen LogP contribution in [0.25, 0.3) is 0 Å². The first kappa shape index (κ1) is 13.2. The van der Waals surface area contributed by atoms with E-state index in [0.717, 1.165) is 23.7 Å². The number of aromatic nitrogens is 3. The molecule has 0 unspecified atom stereocenters. The Labute approximate surface area is 111 Å². The van der Waals surface area contributed by atoms with Crippen LogP contribution in [0.2, 0.25) is 0 Å². The average molecular weight is 301 g/mol. The highest BCUT2D eigenvalue weighted by Gasteiger charge is 2.23. The van der Waals surface area contributed by atoms with E-state index in [1.807, 2.05) is 0 Å². The van der Waals surface area contributed by atoms with Crippen LogP contribution in [0.4, 0.5) is 10.8 Å². The monoisotopic (exact) mass is 301 g/mol. The standard InChI is InChI=1S/C8H7N5O4S2/c9-4-1-2-5(7(14)15)6(3-4)19(16,17)11-8-10-12-13-18-8/h1-3H,9H2,(H,14,15)(H,10,11,13). The summed E-state index contributed by atoms with van der Waals surface area (Å²) in [5.41, 5.74) is 5.21. The van der Waals surface area contributed by atoms with E-state index in [0.29, 0.717) is 0 Å². The molecule has 1 aromatic carbocycles. The van der Waals surface area contributed by atoms with Crippen LogP contribution in [0.15, 0.2) is 23.1 Å². The van der Waals surface area contributed by atoms with Gasteiger partial charge in [0.05, 0.1) is 5.56 Å². The molecule has 0 amide bonds.